The number of nitrogens with zero attached hydrogens (tertiary/aromatic N) is 2. The summed E-state index contributed by atoms with van der Waals surface area (Å²) in [5, 5.41) is 0. The van der Waals surface area contributed by atoms with Gasteiger partial charge in [0.05, 0.1) is 0 Å². The van der Waals surface area contributed by atoms with Crippen LogP contribution in [0.2, 0.25) is 0 Å². The topological polar surface area (TPSA) is 23.6 Å². The van der Waals surface area contributed by atoms with E-state index < -0.39 is 0 Å². The lowest BCUT2D eigenvalue weighted by Gasteiger charge is -2.30. The summed E-state index contributed by atoms with van der Waals surface area (Å²) in [6, 6.07) is 5.98. The van der Waals surface area contributed by atoms with E-state index in [0.29, 0.717) is 0 Å². The summed E-state index contributed by atoms with van der Waals surface area (Å²) in [5.41, 5.74) is 2.06. The highest BCUT2D eigenvalue weighted by Gasteiger charge is 2.24. The van der Waals surface area contributed by atoms with E-state index in [-0.39, 0.29) is 5.91 Å². The number of hydrogen-bond donors (Lipinski definition) is 0. The van der Waals surface area contributed by atoms with Crippen LogP contribution in [-0.4, -0.2) is 48.4 Å². The molecule has 2 heterocycles. The molecule has 1 amide bonds. The molecule has 2 aliphatic rings. The van der Waals surface area contributed by atoms with Crippen molar-refractivity contribution in [2.24, 2.45) is 0 Å². The van der Waals surface area contributed by atoms with Crippen LogP contribution in [0.4, 0.5) is 0 Å². The SMILES string of the molecule is CC.O=C1c2ccc(Br)cc2CCN1CCN1CCCC1. The molecule has 4 heteroatoms. The summed E-state index contributed by atoms with van der Waals surface area (Å²) in [7, 11) is 0. The maximum Gasteiger partial charge on any atom is 0.254 e. The average Bonchev–Trinajstić information content (AvgIpc) is 3.02. The highest BCUT2D eigenvalue weighted by molar-refractivity contribution is 9.10. The van der Waals surface area contributed by atoms with Gasteiger partial charge in [-0.3, -0.25) is 4.79 Å². The summed E-state index contributed by atoms with van der Waals surface area (Å²) in [6.07, 6.45) is 3.59. The molecule has 3 nitrogen and oxygen atoms in total. The van der Waals surface area contributed by atoms with Crippen LogP contribution in [0.1, 0.15) is 42.6 Å². The number of amides is 1. The predicted octanol–water partition coefficient (Wildman–Crippen LogP) is 3.57. The zero-order valence-corrected chi connectivity index (χ0v) is 14.7. The lowest BCUT2D eigenvalue weighted by atomic mass is 9.99. The molecule has 0 spiro atoms. The van der Waals surface area contributed by atoms with Gasteiger partial charge in [0, 0.05) is 29.7 Å². The van der Waals surface area contributed by atoms with E-state index >= 15 is 0 Å². The standard InChI is InChI=1S/C15H19BrN2O.C2H6/c16-13-3-4-14-12(11-13)5-8-18(15(14)19)10-9-17-6-1-2-7-17;1-2/h3-4,11H,1-2,5-10H2;1-2H3. The highest BCUT2D eigenvalue weighted by Crippen LogP contribution is 2.23. The molecule has 116 valence electrons. The molecule has 2 aliphatic heterocycles. The molecule has 21 heavy (non-hydrogen) atoms. The van der Waals surface area contributed by atoms with Crippen molar-refractivity contribution in [2.45, 2.75) is 33.1 Å². The third-order valence-electron chi connectivity index (χ3n) is 4.12. The van der Waals surface area contributed by atoms with Gasteiger partial charge in [-0.25, -0.2) is 0 Å². The summed E-state index contributed by atoms with van der Waals surface area (Å²) >= 11 is 3.47. The van der Waals surface area contributed by atoms with Crippen LogP contribution in [0.25, 0.3) is 0 Å². The van der Waals surface area contributed by atoms with Gasteiger partial charge in [0.2, 0.25) is 0 Å². The first-order chi connectivity index (χ1) is 10.2. The van der Waals surface area contributed by atoms with Crippen molar-refractivity contribution < 1.29 is 4.79 Å². The number of carbonyl (C=O) groups excluding carboxylic acids is 1. The Hall–Kier alpha value is -0.870. The van der Waals surface area contributed by atoms with E-state index in [1.807, 2.05) is 30.9 Å². The van der Waals surface area contributed by atoms with Crippen LogP contribution in [0, 0.1) is 0 Å². The van der Waals surface area contributed by atoms with Gasteiger partial charge in [0.25, 0.3) is 5.91 Å². The molecule has 0 atom stereocenters. The normalized spacial score (nSPS) is 18.2. The molecule has 1 saturated heterocycles. The molecule has 0 aromatic heterocycles. The van der Waals surface area contributed by atoms with Gasteiger partial charge >= 0.3 is 0 Å². The lowest BCUT2D eigenvalue weighted by Crippen LogP contribution is -2.42. The van der Waals surface area contributed by atoms with Gasteiger partial charge in [-0.2, -0.15) is 0 Å². The fourth-order valence-electron chi connectivity index (χ4n) is 2.99. The Morgan fingerprint density at radius 1 is 1.10 bits per heavy atom. The van der Waals surface area contributed by atoms with E-state index in [9.17, 15) is 4.79 Å². The van der Waals surface area contributed by atoms with Crippen molar-refractivity contribution in [1.29, 1.82) is 0 Å². The number of halogens is 1. The van der Waals surface area contributed by atoms with Crippen LogP contribution < -0.4 is 0 Å². The van der Waals surface area contributed by atoms with Crippen LogP contribution in [0.15, 0.2) is 22.7 Å². The molecule has 0 bridgehead atoms. The Morgan fingerprint density at radius 3 is 2.52 bits per heavy atom. The first-order valence-electron chi connectivity index (χ1n) is 8.04. The maximum atomic E-state index is 12.4. The minimum Gasteiger partial charge on any atom is -0.337 e. The Morgan fingerprint density at radius 2 is 1.81 bits per heavy atom. The van der Waals surface area contributed by atoms with E-state index in [1.54, 1.807) is 0 Å². The van der Waals surface area contributed by atoms with Crippen molar-refractivity contribution >= 4 is 21.8 Å². The largest absolute Gasteiger partial charge is 0.337 e. The van der Waals surface area contributed by atoms with Gasteiger partial charge in [-0.15, -0.1) is 0 Å². The van der Waals surface area contributed by atoms with Crippen LogP contribution in [0.5, 0.6) is 0 Å². The first kappa shape index (κ1) is 16.5. The van der Waals surface area contributed by atoms with Gasteiger partial charge in [-0.05, 0) is 56.1 Å². The molecule has 0 aliphatic carbocycles. The van der Waals surface area contributed by atoms with Crippen molar-refractivity contribution in [3.05, 3.63) is 33.8 Å². The van der Waals surface area contributed by atoms with Crippen molar-refractivity contribution in [3.8, 4) is 0 Å². The van der Waals surface area contributed by atoms with Crippen molar-refractivity contribution in [1.82, 2.24) is 9.80 Å². The predicted molar refractivity (Wildman–Crippen MR) is 90.8 cm³/mol. The molecule has 0 saturated carbocycles. The summed E-state index contributed by atoms with van der Waals surface area (Å²) in [5.74, 6) is 0.202. The number of carbonyl (C=O) groups is 1. The summed E-state index contributed by atoms with van der Waals surface area (Å²) in [4.78, 5) is 16.9. The number of fused-ring (bicyclic) bond motifs is 1. The monoisotopic (exact) mass is 352 g/mol. The average molecular weight is 353 g/mol. The van der Waals surface area contributed by atoms with Gasteiger partial charge < -0.3 is 9.80 Å². The number of likely N-dealkylation sites (tertiary alicyclic amines) is 1. The summed E-state index contributed by atoms with van der Waals surface area (Å²) in [6.45, 7) is 9.15. The minimum atomic E-state index is 0.202. The number of benzene rings is 1. The van der Waals surface area contributed by atoms with Crippen molar-refractivity contribution in [3.63, 3.8) is 0 Å². The molecular formula is C17H25BrN2O. The van der Waals surface area contributed by atoms with Gasteiger partial charge in [0.15, 0.2) is 0 Å². The molecule has 1 aromatic carbocycles. The van der Waals surface area contributed by atoms with Crippen LogP contribution in [-0.2, 0) is 6.42 Å². The third kappa shape index (κ3) is 4.07. The second-order valence-corrected chi connectivity index (χ2v) is 6.31. The van der Waals surface area contributed by atoms with E-state index in [4.69, 9.17) is 0 Å². The molecule has 0 unspecified atom stereocenters. The smallest absolute Gasteiger partial charge is 0.254 e. The van der Waals surface area contributed by atoms with E-state index in [1.165, 1.54) is 31.5 Å². The Labute approximate surface area is 136 Å². The van der Waals surface area contributed by atoms with E-state index in [0.717, 1.165) is 36.1 Å². The minimum absolute atomic E-state index is 0.202. The molecular weight excluding hydrogens is 328 g/mol. The molecule has 0 N–H and O–H groups in total. The Balaban J connectivity index is 0.000000774. The fourth-order valence-corrected chi connectivity index (χ4v) is 3.40. The van der Waals surface area contributed by atoms with Gasteiger partial charge in [-0.1, -0.05) is 29.8 Å². The zero-order valence-electron chi connectivity index (χ0n) is 13.1. The first-order valence-corrected chi connectivity index (χ1v) is 8.83. The third-order valence-corrected chi connectivity index (χ3v) is 4.61. The molecule has 0 radical (unpaired) electrons. The van der Waals surface area contributed by atoms with E-state index in [2.05, 4.69) is 26.9 Å². The molecule has 1 fully saturated rings. The summed E-state index contributed by atoms with van der Waals surface area (Å²) < 4.78 is 1.06. The second kappa shape index (κ2) is 7.95. The Kier molecular flexibility index (Phi) is 6.24. The van der Waals surface area contributed by atoms with Crippen molar-refractivity contribution in [2.75, 3.05) is 32.7 Å². The zero-order chi connectivity index (χ0) is 15.2. The maximum absolute atomic E-state index is 12.4. The fraction of sp³-hybridized carbons (Fsp3) is 0.588. The van der Waals surface area contributed by atoms with Gasteiger partial charge in [0.1, 0.15) is 0 Å². The van der Waals surface area contributed by atoms with Crippen LogP contribution >= 0.6 is 15.9 Å². The molecule has 3 rings (SSSR count). The lowest BCUT2D eigenvalue weighted by molar-refractivity contribution is 0.0724. The number of rotatable bonds is 3. The molecule has 1 aromatic rings. The van der Waals surface area contributed by atoms with Crippen LogP contribution in [0.3, 0.4) is 0 Å². The second-order valence-electron chi connectivity index (χ2n) is 5.39. The Bertz CT molecular complexity index is 484. The number of hydrogen-bond acceptors (Lipinski definition) is 2. The quantitative estimate of drug-likeness (QED) is 0.830. The highest BCUT2D eigenvalue weighted by atomic mass is 79.9.